The Morgan fingerprint density at radius 3 is 2.92 bits per heavy atom. The Morgan fingerprint density at radius 2 is 2.33 bits per heavy atom. The van der Waals surface area contributed by atoms with E-state index in [1.54, 1.807) is 6.26 Å². The molecule has 0 radical (unpaired) electrons. The Kier molecular flexibility index (Phi) is 4.18. The maximum Gasteiger partial charge on any atom is 0.0913 e. The molecule has 1 aliphatic rings. The minimum absolute atomic E-state index is 0.467. The third-order valence-corrected chi connectivity index (χ3v) is 3.54. The number of hydrogen-bond donors (Lipinski definition) is 1. The number of piperidine rings is 1. The second kappa shape index (κ2) is 4.94. The monoisotopic (exact) mass is 190 g/mol. The molecule has 2 atom stereocenters. The van der Waals surface area contributed by atoms with Crippen molar-refractivity contribution in [2.24, 2.45) is 5.73 Å². The molecule has 1 fully saturated rings. The highest BCUT2D eigenvalue weighted by atomic mass is 32.2. The van der Waals surface area contributed by atoms with Crippen LogP contribution in [0, 0.1) is 0 Å². The number of rotatable bonds is 3. The molecular weight excluding hydrogens is 172 g/mol. The van der Waals surface area contributed by atoms with Crippen LogP contribution in [0.5, 0.6) is 0 Å². The van der Waals surface area contributed by atoms with E-state index < -0.39 is 11.0 Å². The van der Waals surface area contributed by atoms with Gasteiger partial charge < -0.3 is 5.73 Å². The molecule has 0 aliphatic carbocycles. The molecule has 0 amide bonds. The highest BCUT2D eigenvalue weighted by molar-refractivity contribution is 7.81. The smallest absolute Gasteiger partial charge is 0.0913 e. The van der Waals surface area contributed by atoms with Crippen molar-refractivity contribution in [3.63, 3.8) is 0 Å². The van der Waals surface area contributed by atoms with Gasteiger partial charge in [0.05, 0.1) is 11.0 Å². The van der Waals surface area contributed by atoms with Crippen molar-refractivity contribution in [1.29, 1.82) is 0 Å². The van der Waals surface area contributed by atoms with Crippen LogP contribution < -0.4 is 5.73 Å². The van der Waals surface area contributed by atoms with Crippen molar-refractivity contribution >= 4 is 11.0 Å². The topological polar surface area (TPSA) is 46.3 Å². The van der Waals surface area contributed by atoms with Gasteiger partial charge in [-0.1, -0.05) is 6.42 Å². The van der Waals surface area contributed by atoms with Gasteiger partial charge in [0.25, 0.3) is 0 Å². The van der Waals surface area contributed by atoms with Crippen LogP contribution in [0.4, 0.5) is 0 Å². The van der Waals surface area contributed by atoms with Crippen LogP contribution in [0.15, 0.2) is 0 Å². The normalized spacial score (nSPS) is 28.7. The van der Waals surface area contributed by atoms with Crippen molar-refractivity contribution in [2.45, 2.75) is 31.7 Å². The standard InChI is InChI=1S/C8H18N2OS/c1-12(11)10-7-3-2-4-8(10)5-6-9/h8H,2-7,9H2,1H3. The summed E-state index contributed by atoms with van der Waals surface area (Å²) in [5.74, 6) is 0. The Balaban J connectivity index is 2.48. The van der Waals surface area contributed by atoms with E-state index in [1.807, 2.05) is 0 Å². The van der Waals surface area contributed by atoms with Gasteiger partial charge in [-0.2, -0.15) is 0 Å². The average Bonchev–Trinajstić information content (AvgIpc) is 2.05. The van der Waals surface area contributed by atoms with E-state index in [1.165, 1.54) is 12.8 Å². The fourth-order valence-corrected chi connectivity index (χ4v) is 2.81. The summed E-state index contributed by atoms with van der Waals surface area (Å²) >= 11 is 0. The van der Waals surface area contributed by atoms with Gasteiger partial charge in [0.1, 0.15) is 0 Å². The van der Waals surface area contributed by atoms with Gasteiger partial charge >= 0.3 is 0 Å². The van der Waals surface area contributed by atoms with E-state index in [0.29, 0.717) is 12.6 Å². The minimum atomic E-state index is -0.806. The van der Waals surface area contributed by atoms with Gasteiger partial charge in [-0.3, -0.25) is 0 Å². The van der Waals surface area contributed by atoms with E-state index >= 15 is 0 Å². The summed E-state index contributed by atoms with van der Waals surface area (Å²) in [6.45, 7) is 1.69. The second-order valence-electron chi connectivity index (χ2n) is 3.29. The highest BCUT2D eigenvalue weighted by Crippen LogP contribution is 2.19. The Bertz CT molecular complexity index is 161. The fraction of sp³-hybridized carbons (Fsp3) is 1.00. The van der Waals surface area contributed by atoms with Crippen LogP contribution in [0.1, 0.15) is 25.7 Å². The summed E-state index contributed by atoms with van der Waals surface area (Å²) < 4.78 is 13.4. The first kappa shape index (κ1) is 10.2. The lowest BCUT2D eigenvalue weighted by Crippen LogP contribution is -2.41. The van der Waals surface area contributed by atoms with Crippen molar-refractivity contribution in [3.8, 4) is 0 Å². The molecule has 3 nitrogen and oxygen atoms in total. The molecule has 0 saturated carbocycles. The zero-order valence-corrected chi connectivity index (χ0v) is 8.48. The molecule has 72 valence electrons. The van der Waals surface area contributed by atoms with Gasteiger partial charge in [0, 0.05) is 18.8 Å². The fourth-order valence-electron chi connectivity index (χ4n) is 1.79. The second-order valence-corrected chi connectivity index (χ2v) is 4.61. The molecule has 1 rings (SSSR count). The van der Waals surface area contributed by atoms with Gasteiger partial charge in [-0.15, -0.1) is 0 Å². The summed E-state index contributed by atoms with van der Waals surface area (Å²) in [6, 6.07) is 0.467. The zero-order valence-electron chi connectivity index (χ0n) is 7.66. The van der Waals surface area contributed by atoms with Gasteiger partial charge in [-0.05, 0) is 25.8 Å². The predicted molar refractivity (Wildman–Crippen MR) is 52.1 cm³/mol. The van der Waals surface area contributed by atoms with Crippen molar-refractivity contribution < 1.29 is 4.21 Å². The predicted octanol–water partition coefficient (Wildman–Crippen LogP) is 0.483. The van der Waals surface area contributed by atoms with Crippen LogP contribution in [-0.4, -0.2) is 33.9 Å². The van der Waals surface area contributed by atoms with E-state index in [-0.39, 0.29) is 0 Å². The third-order valence-electron chi connectivity index (χ3n) is 2.40. The summed E-state index contributed by atoms with van der Waals surface area (Å²) in [4.78, 5) is 0. The van der Waals surface area contributed by atoms with Crippen molar-refractivity contribution in [2.75, 3.05) is 19.3 Å². The quantitative estimate of drug-likeness (QED) is 0.704. The first-order valence-electron chi connectivity index (χ1n) is 4.56. The number of hydrogen-bond acceptors (Lipinski definition) is 2. The van der Waals surface area contributed by atoms with Crippen LogP contribution in [-0.2, 0) is 11.0 Å². The minimum Gasteiger partial charge on any atom is -0.330 e. The van der Waals surface area contributed by atoms with Crippen molar-refractivity contribution in [1.82, 2.24) is 4.31 Å². The maximum atomic E-state index is 11.3. The molecule has 1 aliphatic heterocycles. The Labute approximate surface area is 76.9 Å². The third kappa shape index (κ3) is 2.54. The zero-order chi connectivity index (χ0) is 8.97. The Morgan fingerprint density at radius 1 is 1.58 bits per heavy atom. The molecule has 2 N–H and O–H groups in total. The molecule has 0 aromatic heterocycles. The number of nitrogens with zero attached hydrogens (tertiary/aromatic N) is 1. The van der Waals surface area contributed by atoms with Gasteiger partial charge in [-0.25, -0.2) is 8.51 Å². The summed E-state index contributed by atoms with van der Waals surface area (Å²) in [5, 5.41) is 0. The molecule has 0 aromatic carbocycles. The molecule has 0 bridgehead atoms. The lowest BCUT2D eigenvalue weighted by Gasteiger charge is -2.33. The van der Waals surface area contributed by atoms with Crippen molar-refractivity contribution in [3.05, 3.63) is 0 Å². The largest absolute Gasteiger partial charge is 0.330 e. The van der Waals surface area contributed by atoms with Crippen LogP contribution >= 0.6 is 0 Å². The van der Waals surface area contributed by atoms with E-state index in [0.717, 1.165) is 19.4 Å². The summed E-state index contributed by atoms with van der Waals surface area (Å²) in [6.07, 6.45) is 6.35. The first-order chi connectivity index (χ1) is 5.75. The molecule has 4 heteroatoms. The Hall–Kier alpha value is 0.0700. The van der Waals surface area contributed by atoms with E-state index in [4.69, 9.17) is 5.73 Å². The average molecular weight is 190 g/mol. The SMILES string of the molecule is CS(=O)N1CCCCC1CCN. The molecule has 0 aromatic rings. The summed E-state index contributed by atoms with van der Waals surface area (Å²) in [7, 11) is -0.806. The number of nitrogens with two attached hydrogens (primary N) is 1. The highest BCUT2D eigenvalue weighted by Gasteiger charge is 2.23. The summed E-state index contributed by atoms with van der Waals surface area (Å²) in [5.41, 5.74) is 5.50. The van der Waals surface area contributed by atoms with Crippen LogP contribution in [0.2, 0.25) is 0 Å². The maximum absolute atomic E-state index is 11.3. The van der Waals surface area contributed by atoms with E-state index in [2.05, 4.69) is 4.31 Å². The molecular formula is C8H18N2OS. The van der Waals surface area contributed by atoms with Gasteiger partial charge in [0.15, 0.2) is 0 Å². The molecule has 0 spiro atoms. The molecule has 12 heavy (non-hydrogen) atoms. The molecule has 1 saturated heterocycles. The molecule has 2 unspecified atom stereocenters. The lowest BCUT2D eigenvalue weighted by molar-refractivity contribution is 0.255. The van der Waals surface area contributed by atoms with Crippen LogP contribution in [0.25, 0.3) is 0 Å². The van der Waals surface area contributed by atoms with Crippen LogP contribution in [0.3, 0.4) is 0 Å². The lowest BCUT2D eigenvalue weighted by atomic mass is 10.0. The van der Waals surface area contributed by atoms with Gasteiger partial charge in [0.2, 0.25) is 0 Å². The molecule has 1 heterocycles. The van der Waals surface area contributed by atoms with E-state index in [9.17, 15) is 4.21 Å². The first-order valence-corrected chi connectivity index (χ1v) is 6.07.